The number of fused-ring (bicyclic) bond motifs is 1. The topological polar surface area (TPSA) is 120 Å². The highest BCUT2D eigenvalue weighted by molar-refractivity contribution is 7.89. The van der Waals surface area contributed by atoms with Gasteiger partial charge in [-0.05, 0) is 35.7 Å². The summed E-state index contributed by atoms with van der Waals surface area (Å²) in [6.45, 7) is 3.72. The smallest absolute Gasteiger partial charge is 0.419 e. The Bertz CT molecular complexity index is 1260. The van der Waals surface area contributed by atoms with E-state index < -0.39 is 27.7 Å². The highest BCUT2D eigenvalue weighted by Crippen LogP contribution is 2.19. The molecule has 3 rings (SSSR count). The highest BCUT2D eigenvalue weighted by atomic mass is 32.2. The lowest BCUT2D eigenvalue weighted by molar-refractivity contribution is -0.123. The van der Waals surface area contributed by atoms with E-state index >= 15 is 0 Å². The minimum Gasteiger partial charge on any atom is -0.497 e. The summed E-state index contributed by atoms with van der Waals surface area (Å²) in [4.78, 5) is 24.3. The molecule has 1 atom stereocenters. The molecular formula is C21H25N3O6S. The average molecular weight is 448 g/mol. The molecule has 0 saturated carbocycles. The summed E-state index contributed by atoms with van der Waals surface area (Å²) in [5, 5.41) is 2.76. The number of ether oxygens (including phenoxy) is 1. The maximum atomic E-state index is 12.9. The van der Waals surface area contributed by atoms with E-state index in [1.54, 1.807) is 39.2 Å². The van der Waals surface area contributed by atoms with Crippen molar-refractivity contribution in [2.75, 3.05) is 7.11 Å². The predicted molar refractivity (Wildman–Crippen MR) is 115 cm³/mol. The Morgan fingerprint density at radius 2 is 1.94 bits per heavy atom. The zero-order valence-electron chi connectivity index (χ0n) is 17.7. The van der Waals surface area contributed by atoms with Gasteiger partial charge in [-0.15, -0.1) is 0 Å². The molecule has 0 spiro atoms. The number of methoxy groups -OCH3 is 1. The van der Waals surface area contributed by atoms with Crippen LogP contribution in [0.15, 0.2) is 56.6 Å². The van der Waals surface area contributed by atoms with Gasteiger partial charge in [-0.2, -0.15) is 4.72 Å². The van der Waals surface area contributed by atoms with Crippen LogP contribution >= 0.6 is 0 Å². The van der Waals surface area contributed by atoms with Crippen molar-refractivity contribution in [1.29, 1.82) is 0 Å². The molecule has 0 radical (unpaired) electrons. The fourth-order valence-electron chi connectivity index (χ4n) is 3.09. The molecule has 1 amide bonds. The van der Waals surface area contributed by atoms with Crippen LogP contribution in [-0.2, 0) is 28.4 Å². The van der Waals surface area contributed by atoms with E-state index in [0.29, 0.717) is 11.3 Å². The lowest BCUT2D eigenvalue weighted by Crippen LogP contribution is -2.49. The van der Waals surface area contributed by atoms with Gasteiger partial charge < -0.3 is 14.5 Å². The van der Waals surface area contributed by atoms with Crippen LogP contribution in [0, 0.1) is 5.92 Å². The molecule has 2 aromatic carbocycles. The normalized spacial score (nSPS) is 12.8. The van der Waals surface area contributed by atoms with Gasteiger partial charge in [0, 0.05) is 19.7 Å². The molecule has 9 nitrogen and oxygen atoms in total. The molecule has 1 aromatic heterocycles. The van der Waals surface area contributed by atoms with Gasteiger partial charge in [0.15, 0.2) is 5.58 Å². The van der Waals surface area contributed by atoms with Crippen LogP contribution in [0.1, 0.15) is 19.4 Å². The van der Waals surface area contributed by atoms with Crippen LogP contribution in [0.2, 0.25) is 0 Å². The maximum absolute atomic E-state index is 12.9. The number of aryl methyl sites for hydroxylation is 1. The summed E-state index contributed by atoms with van der Waals surface area (Å²) in [6, 6.07) is 10.4. The summed E-state index contributed by atoms with van der Waals surface area (Å²) >= 11 is 0. The third-order valence-corrected chi connectivity index (χ3v) is 6.34. The summed E-state index contributed by atoms with van der Waals surface area (Å²) in [6.07, 6.45) is 0. The Balaban J connectivity index is 1.77. The van der Waals surface area contributed by atoms with E-state index in [9.17, 15) is 18.0 Å². The highest BCUT2D eigenvalue weighted by Gasteiger charge is 2.28. The number of oxazole rings is 1. The average Bonchev–Trinajstić information content (AvgIpc) is 3.03. The van der Waals surface area contributed by atoms with Crippen molar-refractivity contribution in [3.63, 3.8) is 0 Å². The van der Waals surface area contributed by atoms with Gasteiger partial charge >= 0.3 is 5.76 Å². The molecular weight excluding hydrogens is 422 g/mol. The summed E-state index contributed by atoms with van der Waals surface area (Å²) in [7, 11) is -0.956. The van der Waals surface area contributed by atoms with E-state index in [0.717, 1.165) is 5.56 Å². The molecule has 2 N–H and O–H groups in total. The Kier molecular flexibility index (Phi) is 6.51. The number of nitrogens with zero attached hydrogens (tertiary/aromatic N) is 1. The van der Waals surface area contributed by atoms with Crippen molar-refractivity contribution >= 4 is 27.0 Å². The number of amides is 1. The quantitative estimate of drug-likeness (QED) is 0.543. The molecule has 0 unspecified atom stereocenters. The monoisotopic (exact) mass is 447 g/mol. The van der Waals surface area contributed by atoms with E-state index in [4.69, 9.17) is 9.15 Å². The third kappa shape index (κ3) is 4.97. The number of carbonyl (C=O) groups excluding carboxylic acids is 1. The van der Waals surface area contributed by atoms with Gasteiger partial charge in [-0.25, -0.2) is 13.2 Å². The summed E-state index contributed by atoms with van der Waals surface area (Å²) in [5.41, 5.74) is 1.45. The van der Waals surface area contributed by atoms with Gasteiger partial charge in [-0.3, -0.25) is 9.36 Å². The van der Waals surface area contributed by atoms with E-state index in [-0.39, 0.29) is 22.9 Å². The van der Waals surface area contributed by atoms with E-state index in [1.807, 2.05) is 6.07 Å². The van der Waals surface area contributed by atoms with Crippen molar-refractivity contribution < 1.29 is 22.4 Å². The van der Waals surface area contributed by atoms with Crippen molar-refractivity contribution in [2.45, 2.75) is 31.3 Å². The van der Waals surface area contributed by atoms with Gasteiger partial charge in [0.1, 0.15) is 11.8 Å². The lowest BCUT2D eigenvalue weighted by Gasteiger charge is -2.21. The molecule has 10 heteroatoms. The van der Waals surface area contributed by atoms with Crippen molar-refractivity contribution in [3.8, 4) is 5.75 Å². The number of benzene rings is 2. The van der Waals surface area contributed by atoms with Crippen LogP contribution in [0.25, 0.3) is 11.1 Å². The summed E-state index contributed by atoms with van der Waals surface area (Å²) in [5.74, 6) is -0.683. The van der Waals surface area contributed by atoms with Crippen LogP contribution in [0.5, 0.6) is 5.75 Å². The molecule has 31 heavy (non-hydrogen) atoms. The molecule has 0 aliphatic rings. The molecule has 166 valence electrons. The van der Waals surface area contributed by atoms with Crippen LogP contribution in [0.4, 0.5) is 0 Å². The Hall–Kier alpha value is -3.11. The second-order valence-corrected chi connectivity index (χ2v) is 9.18. The number of carbonyl (C=O) groups is 1. The number of rotatable bonds is 8. The van der Waals surface area contributed by atoms with Gasteiger partial charge in [-0.1, -0.05) is 26.0 Å². The Morgan fingerprint density at radius 1 is 1.19 bits per heavy atom. The number of aromatic nitrogens is 1. The largest absolute Gasteiger partial charge is 0.497 e. The van der Waals surface area contributed by atoms with E-state index in [1.165, 1.54) is 29.8 Å². The molecule has 0 fully saturated rings. The van der Waals surface area contributed by atoms with E-state index in [2.05, 4.69) is 10.0 Å². The number of sulfonamides is 1. The fourth-order valence-corrected chi connectivity index (χ4v) is 4.45. The first kappa shape index (κ1) is 22.6. The number of nitrogens with one attached hydrogen (secondary N) is 2. The standard InChI is InChI=1S/C21H25N3O6S/c1-13(2)19(20(25)22-12-14-6-5-7-15(10-14)29-4)23-31(27,28)16-8-9-17-18(11-16)30-21(26)24(17)3/h5-11,13,19,23H,12H2,1-4H3,(H,22,25)/t19-/m1/s1. The number of hydrogen-bond donors (Lipinski definition) is 2. The number of hydrogen-bond acceptors (Lipinski definition) is 6. The second-order valence-electron chi connectivity index (χ2n) is 7.47. The SMILES string of the molecule is COc1cccc(CNC(=O)[C@H](NS(=O)(=O)c2ccc3c(c2)oc(=O)n3C)C(C)C)c1. The minimum atomic E-state index is -4.04. The van der Waals surface area contributed by atoms with Gasteiger partial charge in [0.2, 0.25) is 15.9 Å². The predicted octanol–water partition coefficient (Wildman–Crippen LogP) is 1.76. The van der Waals surface area contributed by atoms with Gasteiger partial charge in [0.05, 0.1) is 17.5 Å². The zero-order valence-corrected chi connectivity index (χ0v) is 18.5. The van der Waals surface area contributed by atoms with Crippen molar-refractivity contribution in [2.24, 2.45) is 13.0 Å². The van der Waals surface area contributed by atoms with Crippen LogP contribution < -0.4 is 20.5 Å². The molecule has 0 saturated heterocycles. The first-order valence-electron chi connectivity index (χ1n) is 9.65. The first-order chi connectivity index (χ1) is 14.6. The van der Waals surface area contributed by atoms with Crippen molar-refractivity contribution in [3.05, 3.63) is 58.6 Å². The second kappa shape index (κ2) is 8.94. The Morgan fingerprint density at radius 3 is 2.61 bits per heavy atom. The molecule has 0 bridgehead atoms. The van der Waals surface area contributed by atoms with Crippen molar-refractivity contribution in [1.82, 2.24) is 14.6 Å². The lowest BCUT2D eigenvalue weighted by atomic mass is 10.0. The molecule has 0 aliphatic heterocycles. The van der Waals surface area contributed by atoms with Crippen LogP contribution in [-0.4, -0.2) is 32.0 Å². The third-order valence-electron chi connectivity index (χ3n) is 4.91. The minimum absolute atomic E-state index is 0.0967. The maximum Gasteiger partial charge on any atom is 0.419 e. The first-order valence-corrected chi connectivity index (χ1v) is 11.1. The molecule has 3 aromatic rings. The van der Waals surface area contributed by atoms with Gasteiger partial charge in [0.25, 0.3) is 0 Å². The fraction of sp³-hybridized carbons (Fsp3) is 0.333. The Labute approximate surface area is 180 Å². The molecule has 0 aliphatic carbocycles. The summed E-state index contributed by atoms with van der Waals surface area (Å²) < 4.78 is 39.8. The van der Waals surface area contributed by atoms with Crippen LogP contribution in [0.3, 0.4) is 0 Å². The molecule has 1 heterocycles. The zero-order chi connectivity index (χ0) is 22.8.